The van der Waals surface area contributed by atoms with Crippen molar-refractivity contribution in [2.75, 3.05) is 0 Å². The molecule has 22 heavy (non-hydrogen) atoms. The minimum atomic E-state index is -0.164. The van der Waals surface area contributed by atoms with E-state index >= 15 is 0 Å². The van der Waals surface area contributed by atoms with Crippen LogP contribution in [0.4, 0.5) is 0 Å². The van der Waals surface area contributed by atoms with Crippen molar-refractivity contribution >= 4 is 5.78 Å². The van der Waals surface area contributed by atoms with E-state index in [1.165, 1.54) is 56.9 Å². The Hall–Kier alpha value is -1.11. The third-order valence-electron chi connectivity index (χ3n) is 5.32. The normalized spacial score (nSPS) is 22.0. The number of unbranched alkanes of at least 4 members (excludes halogenated alkanes) is 6. The van der Waals surface area contributed by atoms with Crippen LogP contribution in [0.2, 0.25) is 0 Å². The minimum Gasteiger partial charge on any atom is -0.299 e. The Bertz CT molecular complexity index is 436. The molecule has 0 heterocycles. The highest BCUT2D eigenvalue weighted by atomic mass is 16.1. The van der Waals surface area contributed by atoms with Gasteiger partial charge in [-0.15, -0.1) is 0 Å². The molecule has 0 amide bonds. The van der Waals surface area contributed by atoms with Gasteiger partial charge in [0.05, 0.1) is 5.41 Å². The molecule has 1 aromatic rings. The number of rotatable bonds is 9. The van der Waals surface area contributed by atoms with Crippen LogP contribution >= 0.6 is 0 Å². The summed E-state index contributed by atoms with van der Waals surface area (Å²) in [6.45, 7) is 2.26. The quantitative estimate of drug-likeness (QED) is 0.496. The summed E-state index contributed by atoms with van der Waals surface area (Å²) in [5, 5.41) is 0. The third kappa shape index (κ3) is 4.44. The summed E-state index contributed by atoms with van der Waals surface area (Å²) in [4.78, 5) is 12.7. The second kappa shape index (κ2) is 9.12. The Morgan fingerprint density at radius 1 is 0.909 bits per heavy atom. The highest BCUT2D eigenvalue weighted by Crippen LogP contribution is 2.41. The molecule has 2 rings (SSSR count). The molecule has 1 unspecified atom stereocenters. The van der Waals surface area contributed by atoms with Crippen molar-refractivity contribution in [1.82, 2.24) is 0 Å². The zero-order valence-corrected chi connectivity index (χ0v) is 14.3. The van der Waals surface area contributed by atoms with E-state index in [0.717, 1.165) is 25.7 Å². The van der Waals surface area contributed by atoms with E-state index in [1.54, 1.807) is 0 Å². The number of carbonyl (C=O) groups excluding carboxylic acids is 1. The summed E-state index contributed by atoms with van der Waals surface area (Å²) in [6.07, 6.45) is 14.4. The van der Waals surface area contributed by atoms with Crippen LogP contribution in [0.3, 0.4) is 0 Å². The second-order valence-corrected chi connectivity index (χ2v) is 6.95. The van der Waals surface area contributed by atoms with Gasteiger partial charge < -0.3 is 0 Å². The molecule has 0 aromatic heterocycles. The Kier molecular flexibility index (Phi) is 7.15. The van der Waals surface area contributed by atoms with Crippen LogP contribution in [0.25, 0.3) is 0 Å². The lowest BCUT2D eigenvalue weighted by Crippen LogP contribution is -2.38. The van der Waals surface area contributed by atoms with Crippen LogP contribution in [-0.4, -0.2) is 5.78 Å². The molecule has 1 nitrogen and oxygen atoms in total. The van der Waals surface area contributed by atoms with Gasteiger partial charge in [0.1, 0.15) is 5.78 Å². The second-order valence-electron chi connectivity index (χ2n) is 6.95. The van der Waals surface area contributed by atoms with E-state index in [2.05, 4.69) is 37.3 Å². The molecule has 0 saturated heterocycles. The average Bonchev–Trinajstić information content (AvgIpc) is 2.56. The number of hydrogen-bond acceptors (Lipinski definition) is 1. The fourth-order valence-electron chi connectivity index (χ4n) is 3.95. The van der Waals surface area contributed by atoms with Crippen LogP contribution in [0, 0.1) is 0 Å². The molecule has 1 saturated carbocycles. The molecule has 0 bridgehead atoms. The van der Waals surface area contributed by atoms with Gasteiger partial charge >= 0.3 is 0 Å². The van der Waals surface area contributed by atoms with Crippen LogP contribution < -0.4 is 0 Å². The molecule has 0 radical (unpaired) electrons. The maximum Gasteiger partial charge on any atom is 0.143 e. The van der Waals surface area contributed by atoms with Gasteiger partial charge in [-0.3, -0.25) is 4.79 Å². The van der Waals surface area contributed by atoms with Crippen molar-refractivity contribution in [1.29, 1.82) is 0 Å². The lowest BCUT2D eigenvalue weighted by Gasteiger charge is -2.36. The van der Waals surface area contributed by atoms with E-state index in [0.29, 0.717) is 5.78 Å². The summed E-state index contributed by atoms with van der Waals surface area (Å²) in [6, 6.07) is 10.6. The summed E-state index contributed by atoms with van der Waals surface area (Å²) in [7, 11) is 0. The van der Waals surface area contributed by atoms with Gasteiger partial charge in [-0.25, -0.2) is 0 Å². The molecule has 1 aliphatic carbocycles. The largest absolute Gasteiger partial charge is 0.299 e. The first-order chi connectivity index (χ1) is 10.8. The highest BCUT2D eigenvalue weighted by Gasteiger charge is 2.40. The SMILES string of the molecule is CCCCCCCCCC1(c2ccccc2)CCCCC1=O. The van der Waals surface area contributed by atoms with Crippen LogP contribution in [-0.2, 0) is 10.2 Å². The molecule has 0 N–H and O–H groups in total. The lowest BCUT2D eigenvalue weighted by molar-refractivity contribution is -0.127. The molecule has 0 aliphatic heterocycles. The van der Waals surface area contributed by atoms with Gasteiger partial charge in [0.25, 0.3) is 0 Å². The Morgan fingerprint density at radius 2 is 1.59 bits per heavy atom. The monoisotopic (exact) mass is 300 g/mol. The first-order valence-electron chi connectivity index (χ1n) is 9.38. The van der Waals surface area contributed by atoms with Gasteiger partial charge in [0.15, 0.2) is 0 Å². The maximum absolute atomic E-state index is 12.7. The average molecular weight is 300 g/mol. The highest BCUT2D eigenvalue weighted by molar-refractivity contribution is 5.90. The van der Waals surface area contributed by atoms with E-state index in [1.807, 2.05) is 0 Å². The van der Waals surface area contributed by atoms with Gasteiger partial charge in [0.2, 0.25) is 0 Å². The van der Waals surface area contributed by atoms with Crippen LogP contribution in [0.5, 0.6) is 0 Å². The topological polar surface area (TPSA) is 17.1 Å². The Morgan fingerprint density at radius 3 is 2.27 bits per heavy atom. The van der Waals surface area contributed by atoms with Crippen molar-refractivity contribution < 1.29 is 4.79 Å². The number of benzene rings is 1. The fraction of sp³-hybridized carbons (Fsp3) is 0.667. The van der Waals surface area contributed by atoms with Crippen molar-refractivity contribution in [3.8, 4) is 0 Å². The van der Waals surface area contributed by atoms with E-state index < -0.39 is 0 Å². The lowest BCUT2D eigenvalue weighted by atomic mass is 9.66. The predicted octanol–water partition coefficient (Wildman–Crippen LogP) is 6.21. The molecule has 1 heteroatoms. The maximum atomic E-state index is 12.7. The van der Waals surface area contributed by atoms with E-state index in [9.17, 15) is 4.79 Å². The molecule has 122 valence electrons. The predicted molar refractivity (Wildman–Crippen MR) is 94.2 cm³/mol. The zero-order chi connectivity index (χ0) is 15.7. The minimum absolute atomic E-state index is 0.164. The smallest absolute Gasteiger partial charge is 0.143 e. The van der Waals surface area contributed by atoms with Gasteiger partial charge in [-0.05, 0) is 24.8 Å². The van der Waals surface area contributed by atoms with Crippen LogP contribution in [0.1, 0.15) is 89.5 Å². The van der Waals surface area contributed by atoms with Crippen LogP contribution in [0.15, 0.2) is 30.3 Å². The first kappa shape index (κ1) is 17.2. The van der Waals surface area contributed by atoms with E-state index in [4.69, 9.17) is 0 Å². The van der Waals surface area contributed by atoms with Crippen molar-refractivity contribution in [3.63, 3.8) is 0 Å². The van der Waals surface area contributed by atoms with Gasteiger partial charge in [-0.2, -0.15) is 0 Å². The molecule has 1 atom stereocenters. The number of Topliss-reactive ketones (excluding diaryl/α,β-unsaturated/α-hetero) is 1. The number of carbonyl (C=O) groups is 1. The Balaban J connectivity index is 1.91. The molecule has 1 fully saturated rings. The molecule has 0 spiro atoms. The first-order valence-corrected chi connectivity index (χ1v) is 9.38. The number of ketones is 1. The van der Waals surface area contributed by atoms with Gasteiger partial charge in [0, 0.05) is 6.42 Å². The molecule has 1 aliphatic rings. The van der Waals surface area contributed by atoms with Crippen molar-refractivity contribution in [3.05, 3.63) is 35.9 Å². The third-order valence-corrected chi connectivity index (χ3v) is 5.32. The molecular formula is C21H32O. The van der Waals surface area contributed by atoms with Gasteiger partial charge in [-0.1, -0.05) is 88.6 Å². The Labute approximate surface area is 136 Å². The van der Waals surface area contributed by atoms with E-state index in [-0.39, 0.29) is 5.41 Å². The molecular weight excluding hydrogens is 268 g/mol. The fourth-order valence-corrected chi connectivity index (χ4v) is 3.95. The van der Waals surface area contributed by atoms with Crippen molar-refractivity contribution in [2.24, 2.45) is 0 Å². The summed E-state index contributed by atoms with van der Waals surface area (Å²) in [5.41, 5.74) is 1.11. The van der Waals surface area contributed by atoms with Crippen molar-refractivity contribution in [2.45, 2.75) is 89.4 Å². The summed E-state index contributed by atoms with van der Waals surface area (Å²) in [5.74, 6) is 0.496. The number of hydrogen-bond donors (Lipinski definition) is 0. The summed E-state index contributed by atoms with van der Waals surface area (Å²) < 4.78 is 0. The standard InChI is InChI=1S/C21H32O/c1-2-3-4-5-6-7-12-17-21(18-13-11-16-20(21)22)19-14-9-8-10-15-19/h8-10,14-15H,2-7,11-13,16-18H2,1H3. The molecule has 1 aromatic carbocycles. The zero-order valence-electron chi connectivity index (χ0n) is 14.3. The summed E-state index contributed by atoms with van der Waals surface area (Å²) >= 11 is 0.